The molecule has 263 valence electrons. The predicted octanol–water partition coefficient (Wildman–Crippen LogP) is 9.06. The lowest BCUT2D eigenvalue weighted by Gasteiger charge is -2.34. The van der Waals surface area contributed by atoms with E-state index in [-0.39, 0.29) is 61.0 Å². The van der Waals surface area contributed by atoms with Gasteiger partial charge < -0.3 is 0 Å². The van der Waals surface area contributed by atoms with Crippen LogP contribution in [0, 0.1) is 0 Å². The van der Waals surface area contributed by atoms with Crippen LogP contribution in [0.3, 0.4) is 0 Å². The number of benzene rings is 3. The Morgan fingerprint density at radius 3 is 0.673 bits per heavy atom. The van der Waals surface area contributed by atoms with Crippen molar-refractivity contribution in [3.63, 3.8) is 0 Å². The molecule has 3 radical (unpaired) electrons. The molecule has 0 spiro atoms. The standard InChI is InChI=1S/C28H16B3F18/c1-2-3-22(29-19-7-13(23(32,33)34)4-14(8-19)24(35,36)37,30-20-9-15(25(38,39)40)5-16(10-20)26(41,42)43)31-21-11-17(27(44,45)46)6-18(12-21)28(47,48)49/h4-12H,2-3H2,1H3. The van der Waals surface area contributed by atoms with Gasteiger partial charge in [-0.1, -0.05) is 77.7 Å². The van der Waals surface area contributed by atoms with E-state index in [1.807, 2.05) is 0 Å². The zero-order valence-electron chi connectivity index (χ0n) is 24.1. The molecule has 0 amide bonds. The third kappa shape index (κ3) is 10.5. The van der Waals surface area contributed by atoms with E-state index in [1.54, 1.807) is 0 Å². The van der Waals surface area contributed by atoms with Crippen molar-refractivity contribution in [1.82, 2.24) is 0 Å². The molecule has 0 aliphatic carbocycles. The van der Waals surface area contributed by atoms with Crippen molar-refractivity contribution in [2.45, 2.75) is 61.9 Å². The van der Waals surface area contributed by atoms with E-state index in [2.05, 4.69) is 0 Å². The first-order valence-electron chi connectivity index (χ1n) is 13.4. The molecule has 3 aromatic rings. The molecule has 0 aliphatic rings. The minimum absolute atomic E-state index is 0.113. The minimum atomic E-state index is -5.45. The van der Waals surface area contributed by atoms with Gasteiger partial charge >= 0.3 is 37.1 Å². The molecule has 21 heteroatoms. The molecule has 0 saturated carbocycles. The van der Waals surface area contributed by atoms with Crippen LogP contribution in [-0.2, 0) is 37.1 Å². The number of halogens is 18. The topological polar surface area (TPSA) is 0 Å². The monoisotopic (exact) mass is 727 g/mol. The van der Waals surface area contributed by atoms with Crippen LogP contribution >= 0.6 is 0 Å². The Labute approximate surface area is 267 Å². The van der Waals surface area contributed by atoms with Gasteiger partial charge in [-0.05, 0) is 18.2 Å². The Morgan fingerprint density at radius 2 is 0.531 bits per heavy atom. The molecule has 0 aliphatic heterocycles. The van der Waals surface area contributed by atoms with E-state index in [9.17, 15) is 79.0 Å². The summed E-state index contributed by atoms with van der Waals surface area (Å²) in [6, 6.07) is -0.247. The number of alkyl halides is 18. The van der Waals surface area contributed by atoms with Crippen LogP contribution in [0.5, 0.6) is 0 Å². The number of hydrogen-bond acceptors (Lipinski definition) is 0. The van der Waals surface area contributed by atoms with Crippen LogP contribution in [-0.4, -0.2) is 21.8 Å². The largest absolute Gasteiger partial charge is 0.416 e. The van der Waals surface area contributed by atoms with Gasteiger partial charge in [-0.2, -0.15) is 79.0 Å². The van der Waals surface area contributed by atoms with Crippen molar-refractivity contribution >= 4 is 38.2 Å². The highest BCUT2D eigenvalue weighted by atomic mass is 19.4. The Kier molecular flexibility index (Phi) is 10.9. The average Bonchev–Trinajstić information content (AvgIpc) is 2.89. The van der Waals surface area contributed by atoms with E-state index in [4.69, 9.17) is 0 Å². The van der Waals surface area contributed by atoms with E-state index >= 15 is 0 Å². The van der Waals surface area contributed by atoms with Gasteiger partial charge in [0, 0.05) is 0 Å². The zero-order valence-corrected chi connectivity index (χ0v) is 24.1. The molecule has 49 heavy (non-hydrogen) atoms. The Morgan fingerprint density at radius 1 is 0.347 bits per heavy atom. The molecule has 0 aromatic heterocycles. The summed E-state index contributed by atoms with van der Waals surface area (Å²) < 4.78 is 245. The Balaban J connectivity index is 2.39. The van der Waals surface area contributed by atoms with E-state index in [1.165, 1.54) is 6.92 Å². The molecular weight excluding hydrogens is 711 g/mol. The maximum Gasteiger partial charge on any atom is 0.416 e. The Bertz CT molecular complexity index is 1340. The second-order valence-corrected chi connectivity index (χ2v) is 10.8. The summed E-state index contributed by atoms with van der Waals surface area (Å²) in [5.41, 5.74) is -14.6. The lowest BCUT2D eigenvalue weighted by molar-refractivity contribution is -0.144. The molecule has 0 fully saturated rings. The minimum Gasteiger partial charge on any atom is -0.166 e. The van der Waals surface area contributed by atoms with Crippen LogP contribution in [0.2, 0.25) is 5.11 Å². The molecular formula is C28H16B3F18. The van der Waals surface area contributed by atoms with Crippen molar-refractivity contribution in [2.24, 2.45) is 0 Å². The van der Waals surface area contributed by atoms with Gasteiger partial charge in [-0.15, -0.1) is 0 Å². The predicted molar refractivity (Wildman–Crippen MR) is 143 cm³/mol. The smallest absolute Gasteiger partial charge is 0.166 e. The van der Waals surface area contributed by atoms with Crippen molar-refractivity contribution in [2.75, 3.05) is 0 Å². The lowest BCUT2D eigenvalue weighted by Crippen LogP contribution is -2.48. The first kappa shape index (κ1) is 40.0. The van der Waals surface area contributed by atoms with Crippen molar-refractivity contribution in [3.05, 3.63) is 88.0 Å². The fourth-order valence-corrected chi connectivity index (χ4v) is 4.89. The second-order valence-electron chi connectivity index (χ2n) is 10.8. The SMILES string of the molecule is CCCC([B]c1cc(C(F)(F)F)cc(C(F)(F)F)c1)([B]c1cc(C(F)(F)F)cc(C(F)(F)F)c1)[B]c1cc(C(F)(F)F)cc(C(F)(F)F)c1. The van der Waals surface area contributed by atoms with Crippen molar-refractivity contribution < 1.29 is 79.0 Å². The van der Waals surface area contributed by atoms with Crippen LogP contribution < -0.4 is 16.4 Å². The summed E-state index contributed by atoms with van der Waals surface area (Å²) in [5, 5.41) is -2.51. The molecule has 0 N–H and O–H groups in total. The van der Waals surface area contributed by atoms with E-state index < -0.39 is 98.4 Å². The van der Waals surface area contributed by atoms with Crippen LogP contribution in [0.25, 0.3) is 0 Å². The molecule has 3 aromatic carbocycles. The number of rotatable bonds is 8. The lowest BCUT2D eigenvalue weighted by atomic mass is 9.16. The number of hydrogen-bond donors (Lipinski definition) is 0. The second kappa shape index (κ2) is 13.4. The zero-order chi connectivity index (χ0) is 37.6. The van der Waals surface area contributed by atoms with Gasteiger partial charge in [0.25, 0.3) is 0 Å². The maximum absolute atomic E-state index is 13.6. The fourth-order valence-electron chi connectivity index (χ4n) is 4.89. The highest BCUT2D eigenvalue weighted by molar-refractivity contribution is 6.92. The highest BCUT2D eigenvalue weighted by Gasteiger charge is 2.43. The van der Waals surface area contributed by atoms with Gasteiger partial charge in [-0.3, -0.25) is 0 Å². The summed E-state index contributed by atoms with van der Waals surface area (Å²) in [5.74, 6) is 0. The normalized spacial score (nSPS) is 13.8. The van der Waals surface area contributed by atoms with E-state index in [0.717, 1.165) is 0 Å². The van der Waals surface area contributed by atoms with Gasteiger partial charge in [-0.25, -0.2) is 0 Å². The molecule has 0 unspecified atom stereocenters. The summed E-state index contributed by atoms with van der Waals surface area (Å²) in [7, 11) is 1.42. The molecule has 0 atom stereocenters. The van der Waals surface area contributed by atoms with Crippen molar-refractivity contribution in [1.29, 1.82) is 0 Å². The van der Waals surface area contributed by atoms with Crippen LogP contribution in [0.15, 0.2) is 54.6 Å². The third-order valence-electron chi connectivity index (χ3n) is 6.82. The van der Waals surface area contributed by atoms with Crippen molar-refractivity contribution in [3.8, 4) is 0 Å². The summed E-state index contributed by atoms with van der Waals surface area (Å²) in [6.45, 7) is 1.26. The first-order chi connectivity index (χ1) is 21.9. The third-order valence-corrected chi connectivity index (χ3v) is 6.82. The Hall–Kier alpha value is -3.41. The molecule has 0 heterocycles. The fraction of sp³-hybridized carbons (Fsp3) is 0.357. The van der Waals surface area contributed by atoms with Gasteiger partial charge in [0.05, 0.1) is 33.4 Å². The van der Waals surface area contributed by atoms with Gasteiger partial charge in [0.2, 0.25) is 0 Å². The van der Waals surface area contributed by atoms with Gasteiger partial charge in [0.15, 0.2) is 0 Å². The quantitative estimate of drug-likeness (QED) is 0.161. The molecule has 0 saturated heterocycles. The average molecular weight is 727 g/mol. The first-order valence-corrected chi connectivity index (χ1v) is 13.4. The molecule has 3 rings (SSSR count). The van der Waals surface area contributed by atoms with Crippen LogP contribution in [0.4, 0.5) is 79.0 Å². The van der Waals surface area contributed by atoms with E-state index in [0.29, 0.717) is 21.8 Å². The maximum atomic E-state index is 13.6. The highest BCUT2D eigenvalue weighted by Crippen LogP contribution is 2.39. The summed E-state index contributed by atoms with van der Waals surface area (Å²) >= 11 is 0. The molecule has 0 nitrogen and oxygen atoms in total. The van der Waals surface area contributed by atoms with Gasteiger partial charge in [0.1, 0.15) is 21.8 Å². The summed E-state index contributed by atoms with van der Waals surface area (Å²) in [4.78, 5) is 0. The summed E-state index contributed by atoms with van der Waals surface area (Å²) in [6.07, 6.45) is -33.6. The molecule has 0 bridgehead atoms. The van der Waals surface area contributed by atoms with Crippen LogP contribution in [0.1, 0.15) is 53.1 Å².